The highest BCUT2D eigenvalue weighted by atomic mass is 16.5. The summed E-state index contributed by atoms with van der Waals surface area (Å²) >= 11 is 0. The lowest BCUT2D eigenvalue weighted by molar-refractivity contribution is -0.255. The van der Waals surface area contributed by atoms with Crippen LogP contribution >= 0.6 is 0 Å². The summed E-state index contributed by atoms with van der Waals surface area (Å²) in [5.74, 6) is -1.62. The van der Waals surface area contributed by atoms with Gasteiger partial charge in [-0.2, -0.15) is 0 Å². The summed E-state index contributed by atoms with van der Waals surface area (Å²) in [6.45, 7) is 0. The number of hydrogen-bond donors (Lipinski definition) is 0. The molecule has 0 unspecified atom stereocenters. The van der Waals surface area contributed by atoms with E-state index < -0.39 is 11.9 Å². The third-order valence-corrected chi connectivity index (χ3v) is 2.74. The van der Waals surface area contributed by atoms with Gasteiger partial charge in [0, 0.05) is 0 Å². The average Bonchev–Trinajstić information content (AvgIpc) is 2.46. The van der Waals surface area contributed by atoms with Crippen LogP contribution in [0.15, 0.2) is 48.5 Å². The van der Waals surface area contributed by atoms with Crippen LogP contribution in [0.3, 0.4) is 0 Å². The highest BCUT2D eigenvalue weighted by Crippen LogP contribution is 2.21. The second kappa shape index (κ2) is 5.35. The number of carboxylic acids is 1. The Balaban J connectivity index is 2.34. The van der Waals surface area contributed by atoms with Gasteiger partial charge in [-0.05, 0) is 34.9 Å². The van der Waals surface area contributed by atoms with E-state index >= 15 is 0 Å². The molecule has 0 amide bonds. The molecule has 0 aliphatic rings. The number of carboxylic acid groups (broad SMARTS) is 1. The molecular formula is C15H11O4-. The number of carbonyl (C=O) groups excluding carboxylic acids is 2. The fourth-order valence-corrected chi connectivity index (χ4v) is 1.74. The number of ether oxygens (including phenoxy) is 1. The molecule has 2 aromatic carbocycles. The molecule has 0 saturated heterocycles. The number of hydrogen-bond acceptors (Lipinski definition) is 4. The van der Waals surface area contributed by atoms with E-state index in [1.807, 2.05) is 0 Å². The van der Waals surface area contributed by atoms with Crippen LogP contribution in [0.4, 0.5) is 0 Å². The fraction of sp³-hybridized carbons (Fsp3) is 0.0667. The largest absolute Gasteiger partial charge is 0.545 e. The number of rotatable bonds is 3. The Morgan fingerprint density at radius 1 is 0.947 bits per heavy atom. The predicted molar refractivity (Wildman–Crippen MR) is 67.5 cm³/mol. The normalized spacial score (nSPS) is 9.95. The molecule has 0 aromatic heterocycles. The predicted octanol–water partition coefficient (Wildman–Crippen LogP) is 1.50. The summed E-state index contributed by atoms with van der Waals surface area (Å²) in [6.07, 6.45) is 0. The maximum absolute atomic E-state index is 11.3. The van der Waals surface area contributed by atoms with Gasteiger partial charge in [0.2, 0.25) is 0 Å². The van der Waals surface area contributed by atoms with E-state index in [-0.39, 0.29) is 5.56 Å². The van der Waals surface area contributed by atoms with Gasteiger partial charge >= 0.3 is 5.97 Å². The summed E-state index contributed by atoms with van der Waals surface area (Å²) < 4.78 is 4.61. The van der Waals surface area contributed by atoms with Crippen LogP contribution in [0, 0.1) is 0 Å². The Bertz CT molecular complexity index is 614. The molecule has 0 saturated carbocycles. The topological polar surface area (TPSA) is 66.4 Å². The number of methoxy groups -OCH3 is 1. The quantitative estimate of drug-likeness (QED) is 0.779. The van der Waals surface area contributed by atoms with E-state index in [0.717, 1.165) is 11.1 Å². The van der Waals surface area contributed by atoms with Crippen LogP contribution in [0.25, 0.3) is 11.1 Å². The SMILES string of the molecule is COC(=O)c1ccc(-c2cccc(C(=O)[O-])c2)cc1. The van der Waals surface area contributed by atoms with Gasteiger partial charge in [-0.1, -0.05) is 30.3 Å². The second-order valence-electron chi connectivity index (χ2n) is 3.94. The van der Waals surface area contributed by atoms with Crippen molar-refractivity contribution in [3.8, 4) is 11.1 Å². The van der Waals surface area contributed by atoms with Crippen LogP contribution in [0.1, 0.15) is 20.7 Å². The number of esters is 1. The van der Waals surface area contributed by atoms with Gasteiger partial charge < -0.3 is 14.6 Å². The van der Waals surface area contributed by atoms with Crippen molar-refractivity contribution in [3.63, 3.8) is 0 Å². The lowest BCUT2D eigenvalue weighted by Crippen LogP contribution is -2.22. The molecule has 4 heteroatoms. The smallest absolute Gasteiger partial charge is 0.337 e. The zero-order chi connectivity index (χ0) is 13.8. The van der Waals surface area contributed by atoms with Crippen LogP contribution in [0.2, 0.25) is 0 Å². The molecule has 0 N–H and O–H groups in total. The van der Waals surface area contributed by atoms with Crippen molar-refractivity contribution in [3.05, 3.63) is 59.7 Å². The first-order chi connectivity index (χ1) is 9.11. The van der Waals surface area contributed by atoms with Gasteiger partial charge in [0.05, 0.1) is 18.6 Å². The molecule has 0 radical (unpaired) electrons. The Hall–Kier alpha value is -2.62. The molecule has 2 rings (SSSR count). The highest BCUT2D eigenvalue weighted by molar-refractivity contribution is 5.90. The highest BCUT2D eigenvalue weighted by Gasteiger charge is 2.05. The number of carbonyl (C=O) groups is 2. The number of aromatic carboxylic acids is 1. The van der Waals surface area contributed by atoms with Gasteiger partial charge in [0.25, 0.3) is 0 Å². The van der Waals surface area contributed by atoms with Crippen LogP contribution in [0.5, 0.6) is 0 Å². The third-order valence-electron chi connectivity index (χ3n) is 2.74. The second-order valence-corrected chi connectivity index (χ2v) is 3.94. The molecule has 0 spiro atoms. The van der Waals surface area contributed by atoms with E-state index in [1.165, 1.54) is 19.2 Å². The Labute approximate surface area is 110 Å². The van der Waals surface area contributed by atoms with Crippen molar-refractivity contribution >= 4 is 11.9 Å². The third kappa shape index (κ3) is 2.80. The molecule has 0 heterocycles. The van der Waals surface area contributed by atoms with Crippen molar-refractivity contribution in [1.29, 1.82) is 0 Å². The van der Waals surface area contributed by atoms with Gasteiger partial charge in [0.1, 0.15) is 0 Å². The van der Waals surface area contributed by atoms with Gasteiger partial charge in [-0.15, -0.1) is 0 Å². The summed E-state index contributed by atoms with van der Waals surface area (Å²) in [5, 5.41) is 10.8. The molecule has 0 bridgehead atoms. The zero-order valence-corrected chi connectivity index (χ0v) is 10.3. The molecule has 2 aromatic rings. The van der Waals surface area contributed by atoms with E-state index in [4.69, 9.17) is 0 Å². The molecule has 96 valence electrons. The minimum Gasteiger partial charge on any atom is -0.545 e. The standard InChI is InChI=1S/C15H12O4/c1-19-15(18)11-7-5-10(6-8-11)12-3-2-4-13(9-12)14(16)17/h2-9H,1H3,(H,16,17)/p-1. The van der Waals surface area contributed by atoms with Gasteiger partial charge in [0.15, 0.2) is 0 Å². The van der Waals surface area contributed by atoms with Crippen LogP contribution < -0.4 is 5.11 Å². The summed E-state index contributed by atoms with van der Waals surface area (Å²) in [7, 11) is 1.32. The Morgan fingerprint density at radius 2 is 1.63 bits per heavy atom. The van der Waals surface area contributed by atoms with Gasteiger partial charge in [-0.3, -0.25) is 0 Å². The van der Waals surface area contributed by atoms with Crippen molar-refractivity contribution in [2.45, 2.75) is 0 Å². The Morgan fingerprint density at radius 3 is 2.21 bits per heavy atom. The molecule has 0 fully saturated rings. The molecule has 0 aliphatic heterocycles. The first-order valence-electron chi connectivity index (χ1n) is 5.62. The fourth-order valence-electron chi connectivity index (χ4n) is 1.74. The van der Waals surface area contributed by atoms with Crippen molar-refractivity contribution in [1.82, 2.24) is 0 Å². The summed E-state index contributed by atoms with van der Waals surface area (Å²) in [5.41, 5.74) is 2.13. The average molecular weight is 255 g/mol. The minimum absolute atomic E-state index is 0.120. The minimum atomic E-state index is -1.21. The van der Waals surface area contributed by atoms with E-state index in [2.05, 4.69) is 4.74 Å². The van der Waals surface area contributed by atoms with Crippen molar-refractivity contribution < 1.29 is 19.4 Å². The van der Waals surface area contributed by atoms with Gasteiger partial charge in [-0.25, -0.2) is 4.79 Å². The van der Waals surface area contributed by atoms with Crippen molar-refractivity contribution in [2.75, 3.05) is 7.11 Å². The maximum atomic E-state index is 11.3. The lowest BCUT2D eigenvalue weighted by Gasteiger charge is -2.07. The van der Waals surface area contributed by atoms with Crippen LogP contribution in [-0.4, -0.2) is 19.0 Å². The van der Waals surface area contributed by atoms with Crippen molar-refractivity contribution in [2.24, 2.45) is 0 Å². The monoisotopic (exact) mass is 255 g/mol. The summed E-state index contributed by atoms with van der Waals surface area (Å²) in [4.78, 5) is 22.1. The molecular weight excluding hydrogens is 244 g/mol. The molecule has 0 aliphatic carbocycles. The maximum Gasteiger partial charge on any atom is 0.337 e. The van der Waals surface area contributed by atoms with Crippen LogP contribution in [-0.2, 0) is 4.74 Å². The first kappa shape index (κ1) is 12.8. The molecule has 19 heavy (non-hydrogen) atoms. The summed E-state index contributed by atoms with van der Waals surface area (Å²) in [6, 6.07) is 13.2. The zero-order valence-electron chi connectivity index (χ0n) is 10.3. The molecule has 4 nitrogen and oxygen atoms in total. The first-order valence-corrected chi connectivity index (χ1v) is 5.62. The lowest BCUT2D eigenvalue weighted by atomic mass is 10.0. The van der Waals surface area contributed by atoms with E-state index in [1.54, 1.807) is 36.4 Å². The van der Waals surface area contributed by atoms with E-state index in [0.29, 0.717) is 5.56 Å². The van der Waals surface area contributed by atoms with E-state index in [9.17, 15) is 14.7 Å². The number of benzene rings is 2. The Kier molecular flexibility index (Phi) is 3.61. The molecule has 0 atom stereocenters.